The van der Waals surface area contributed by atoms with Gasteiger partial charge in [0.15, 0.2) is 0 Å². The summed E-state index contributed by atoms with van der Waals surface area (Å²) in [5.74, 6) is 0.00788. The zero-order chi connectivity index (χ0) is 26.5. The fourth-order valence-corrected chi connectivity index (χ4v) is 3.85. The number of rotatable bonds is 10. The molecule has 3 atom stereocenters. The van der Waals surface area contributed by atoms with Gasteiger partial charge in [-0.1, -0.05) is 60.5 Å². The molecule has 0 aliphatic carbocycles. The van der Waals surface area contributed by atoms with Gasteiger partial charge in [-0.05, 0) is 51.5 Å². The molecular weight excluding hydrogens is 430 g/mol. The smallest absolute Gasteiger partial charge is 0.333 e. The highest BCUT2D eigenvalue weighted by atomic mass is 16.5. The van der Waals surface area contributed by atoms with Crippen LogP contribution in [-0.4, -0.2) is 73.5 Å². The number of hydrogen-bond acceptors (Lipinski definition) is 5. The van der Waals surface area contributed by atoms with Crippen LogP contribution in [0.25, 0.3) is 0 Å². The third-order valence-corrected chi connectivity index (χ3v) is 6.68. The van der Waals surface area contributed by atoms with Gasteiger partial charge in [-0.2, -0.15) is 0 Å². The number of esters is 1. The molecule has 1 aliphatic rings. The molecule has 1 aliphatic heterocycles. The third-order valence-electron chi connectivity index (χ3n) is 6.68. The first-order valence-electron chi connectivity index (χ1n) is 13.0. The Bertz CT molecular complexity index is 675. The summed E-state index contributed by atoms with van der Waals surface area (Å²) in [5.41, 5.74) is 0.0613. The second-order valence-electron chi connectivity index (χ2n) is 10.1. The van der Waals surface area contributed by atoms with E-state index in [9.17, 15) is 14.4 Å². The Morgan fingerprint density at radius 2 is 1.74 bits per heavy atom. The molecule has 0 aromatic rings. The highest BCUT2D eigenvalue weighted by Gasteiger charge is 2.39. The molecule has 0 saturated carbocycles. The molecule has 0 radical (unpaired) electrons. The summed E-state index contributed by atoms with van der Waals surface area (Å²) < 4.78 is 4.99. The van der Waals surface area contributed by atoms with Gasteiger partial charge in [0.05, 0.1) is 12.6 Å². The van der Waals surface area contributed by atoms with Crippen LogP contribution in [0.1, 0.15) is 87.5 Å². The standard InChI is InChI=1S/C24H43N3O4.C3H8/c1-9-18-12-13-19(27(8)16-18)21(28)25-20(24(5,6)10-2)22(29)26(7)15-14-17(4)23(30)31-11-3;1-3-2/h14,18-20H,9-13,15-16H2,1-8H3,(H,25,28);3H2,1-2H3/b17-14+;. The van der Waals surface area contributed by atoms with Crippen LogP contribution >= 0.6 is 0 Å². The second kappa shape index (κ2) is 15.9. The minimum atomic E-state index is -0.636. The lowest BCUT2D eigenvalue weighted by Crippen LogP contribution is -2.59. The number of nitrogens with zero attached hydrogens (tertiary/aromatic N) is 2. The van der Waals surface area contributed by atoms with E-state index in [1.807, 2.05) is 27.8 Å². The van der Waals surface area contributed by atoms with E-state index in [4.69, 9.17) is 4.74 Å². The number of carbonyl (C=O) groups excluding carboxylic acids is 3. The quantitative estimate of drug-likeness (QED) is 0.369. The van der Waals surface area contributed by atoms with Gasteiger partial charge < -0.3 is 15.0 Å². The Balaban J connectivity index is 0.00000343. The predicted octanol–water partition coefficient (Wildman–Crippen LogP) is 4.41. The number of piperidine rings is 1. The van der Waals surface area contributed by atoms with Crippen LogP contribution in [0.2, 0.25) is 0 Å². The first-order valence-corrected chi connectivity index (χ1v) is 13.0. The number of amides is 2. The normalized spacial score (nSPS) is 20.0. The largest absolute Gasteiger partial charge is 0.463 e. The summed E-state index contributed by atoms with van der Waals surface area (Å²) in [7, 11) is 3.68. The number of ether oxygens (including phenoxy) is 1. The van der Waals surface area contributed by atoms with Crippen molar-refractivity contribution >= 4 is 17.8 Å². The van der Waals surface area contributed by atoms with E-state index in [1.54, 1.807) is 31.9 Å². The van der Waals surface area contributed by atoms with Gasteiger partial charge in [-0.25, -0.2) is 4.79 Å². The van der Waals surface area contributed by atoms with Crippen molar-refractivity contribution in [2.24, 2.45) is 11.3 Å². The average molecular weight is 482 g/mol. The Morgan fingerprint density at radius 1 is 1.15 bits per heavy atom. The van der Waals surface area contributed by atoms with Gasteiger partial charge in [0.25, 0.3) is 0 Å². The minimum Gasteiger partial charge on any atom is -0.463 e. The molecule has 0 spiro atoms. The summed E-state index contributed by atoms with van der Waals surface area (Å²) in [5, 5.41) is 3.07. The van der Waals surface area contributed by atoms with Gasteiger partial charge in [0.2, 0.25) is 11.8 Å². The van der Waals surface area contributed by atoms with Crippen LogP contribution in [0.15, 0.2) is 11.6 Å². The molecule has 0 bridgehead atoms. The number of likely N-dealkylation sites (tertiary alicyclic amines) is 1. The molecule has 198 valence electrons. The zero-order valence-electron chi connectivity index (χ0n) is 23.5. The first kappa shape index (κ1) is 32.1. The zero-order valence-corrected chi connectivity index (χ0v) is 23.5. The lowest BCUT2D eigenvalue weighted by Gasteiger charge is -2.39. The lowest BCUT2D eigenvalue weighted by molar-refractivity contribution is -0.140. The van der Waals surface area contributed by atoms with E-state index in [-0.39, 0.29) is 30.4 Å². The van der Waals surface area contributed by atoms with Gasteiger partial charge in [-0.15, -0.1) is 0 Å². The molecule has 2 amide bonds. The van der Waals surface area contributed by atoms with Crippen molar-refractivity contribution < 1.29 is 19.1 Å². The number of hydrogen-bond donors (Lipinski definition) is 1. The lowest BCUT2D eigenvalue weighted by atomic mass is 9.80. The Labute approximate surface area is 208 Å². The van der Waals surface area contributed by atoms with Crippen LogP contribution < -0.4 is 5.32 Å². The maximum Gasteiger partial charge on any atom is 0.333 e. The molecule has 3 unspecified atom stereocenters. The van der Waals surface area contributed by atoms with Crippen LogP contribution in [0.3, 0.4) is 0 Å². The Kier molecular flexibility index (Phi) is 15.0. The Hall–Kier alpha value is -1.89. The van der Waals surface area contributed by atoms with Crippen molar-refractivity contribution in [1.29, 1.82) is 0 Å². The van der Waals surface area contributed by atoms with Crippen LogP contribution in [0.4, 0.5) is 0 Å². The topological polar surface area (TPSA) is 79.0 Å². The SMILES string of the molecule is CCC.CCOC(=O)/C(C)=C/CN(C)C(=O)C(NC(=O)C1CCC(CC)CN1C)C(C)(C)CC. The molecule has 1 saturated heterocycles. The third kappa shape index (κ3) is 10.2. The van der Waals surface area contributed by atoms with E-state index in [0.29, 0.717) is 18.1 Å². The van der Waals surface area contributed by atoms with E-state index in [2.05, 4.69) is 31.0 Å². The molecule has 34 heavy (non-hydrogen) atoms. The summed E-state index contributed by atoms with van der Waals surface area (Å²) in [4.78, 5) is 41.9. The monoisotopic (exact) mass is 481 g/mol. The predicted molar refractivity (Wildman–Crippen MR) is 139 cm³/mol. The van der Waals surface area contributed by atoms with Crippen molar-refractivity contribution in [3.63, 3.8) is 0 Å². The average Bonchev–Trinajstić information content (AvgIpc) is 2.80. The molecule has 7 heteroatoms. The second-order valence-corrected chi connectivity index (χ2v) is 10.1. The van der Waals surface area contributed by atoms with E-state index >= 15 is 0 Å². The van der Waals surface area contributed by atoms with E-state index in [1.165, 1.54) is 6.42 Å². The fraction of sp³-hybridized carbons (Fsp3) is 0.815. The minimum absolute atomic E-state index is 0.0800. The molecular formula is C27H51N3O4. The van der Waals surface area contributed by atoms with E-state index in [0.717, 1.165) is 32.2 Å². The fourth-order valence-electron chi connectivity index (χ4n) is 3.85. The van der Waals surface area contributed by atoms with Crippen LogP contribution in [0.5, 0.6) is 0 Å². The molecule has 0 aromatic heterocycles. The molecule has 1 rings (SSSR count). The number of likely N-dealkylation sites (N-methyl/N-ethyl adjacent to an activating group) is 2. The van der Waals surface area contributed by atoms with Gasteiger partial charge in [0, 0.05) is 25.7 Å². The van der Waals surface area contributed by atoms with E-state index < -0.39 is 11.5 Å². The maximum atomic E-state index is 13.3. The van der Waals surface area contributed by atoms with Crippen LogP contribution in [-0.2, 0) is 19.1 Å². The molecule has 1 N–H and O–H groups in total. The highest BCUT2D eigenvalue weighted by molar-refractivity contribution is 5.91. The van der Waals surface area contributed by atoms with Crippen molar-refractivity contribution in [2.75, 3.05) is 33.8 Å². The summed E-state index contributed by atoms with van der Waals surface area (Å²) in [6, 6.07) is -0.842. The van der Waals surface area contributed by atoms with Crippen LogP contribution in [0, 0.1) is 11.3 Å². The first-order chi connectivity index (χ1) is 15.9. The molecule has 1 fully saturated rings. The Morgan fingerprint density at radius 3 is 2.21 bits per heavy atom. The van der Waals surface area contributed by atoms with Gasteiger partial charge in [0.1, 0.15) is 6.04 Å². The van der Waals surface area contributed by atoms with Crippen molar-refractivity contribution in [3.05, 3.63) is 11.6 Å². The van der Waals surface area contributed by atoms with Crippen molar-refractivity contribution in [3.8, 4) is 0 Å². The summed E-state index contributed by atoms with van der Waals surface area (Å²) in [6.07, 6.45) is 6.64. The van der Waals surface area contributed by atoms with Gasteiger partial charge >= 0.3 is 5.97 Å². The molecule has 1 heterocycles. The molecule has 7 nitrogen and oxygen atoms in total. The number of nitrogens with one attached hydrogen (secondary N) is 1. The van der Waals surface area contributed by atoms with Crippen molar-refractivity contribution in [2.45, 2.75) is 99.6 Å². The summed E-state index contributed by atoms with van der Waals surface area (Å²) >= 11 is 0. The molecule has 0 aromatic carbocycles. The summed E-state index contributed by atoms with van der Waals surface area (Å²) in [6.45, 7) is 17.4. The highest BCUT2D eigenvalue weighted by Crippen LogP contribution is 2.28. The van der Waals surface area contributed by atoms with Crippen molar-refractivity contribution in [1.82, 2.24) is 15.1 Å². The maximum absolute atomic E-state index is 13.3. The number of carbonyl (C=O) groups is 3. The van der Waals surface area contributed by atoms with Gasteiger partial charge in [-0.3, -0.25) is 14.5 Å².